The summed E-state index contributed by atoms with van der Waals surface area (Å²) in [6, 6.07) is 5.33. The Kier molecular flexibility index (Phi) is 3.05. The van der Waals surface area contributed by atoms with Crippen LogP contribution in [0.2, 0.25) is 0 Å². The first-order valence-electron chi connectivity index (χ1n) is 4.34. The van der Waals surface area contributed by atoms with Crippen molar-refractivity contribution in [3.8, 4) is 6.07 Å². The molecule has 0 aliphatic heterocycles. The number of pyridine rings is 1. The quantitative estimate of drug-likeness (QED) is 0.751. The van der Waals surface area contributed by atoms with Gasteiger partial charge in [-0.3, -0.25) is 0 Å². The molecule has 74 valence electrons. The van der Waals surface area contributed by atoms with Crippen molar-refractivity contribution in [2.75, 3.05) is 11.9 Å². The van der Waals surface area contributed by atoms with Crippen LogP contribution in [0.25, 0.3) is 0 Å². The fraction of sp³-hybridized carbons (Fsp3) is 0.400. The zero-order valence-electron chi connectivity index (χ0n) is 8.28. The van der Waals surface area contributed by atoms with E-state index in [1.165, 1.54) is 0 Å². The number of nitriles is 1. The normalized spacial score (nSPS) is 10.7. The van der Waals surface area contributed by atoms with Gasteiger partial charge in [-0.25, -0.2) is 4.98 Å². The van der Waals surface area contributed by atoms with Gasteiger partial charge < -0.3 is 10.4 Å². The van der Waals surface area contributed by atoms with Crippen LogP contribution in [0.4, 0.5) is 5.69 Å². The van der Waals surface area contributed by atoms with Crippen molar-refractivity contribution in [2.45, 2.75) is 19.4 Å². The van der Waals surface area contributed by atoms with Gasteiger partial charge in [-0.1, -0.05) is 0 Å². The maximum absolute atomic E-state index is 9.44. The van der Waals surface area contributed by atoms with Crippen molar-refractivity contribution >= 4 is 5.69 Å². The van der Waals surface area contributed by atoms with Crippen molar-refractivity contribution in [1.82, 2.24) is 4.98 Å². The molecule has 0 atom stereocenters. The molecule has 0 spiro atoms. The van der Waals surface area contributed by atoms with Gasteiger partial charge in [-0.15, -0.1) is 0 Å². The molecular formula is C10H13N3O. The molecule has 0 aromatic carbocycles. The maximum atomic E-state index is 9.44. The first kappa shape index (κ1) is 10.5. The number of hydrogen-bond acceptors (Lipinski definition) is 4. The highest BCUT2D eigenvalue weighted by Crippen LogP contribution is 2.08. The van der Waals surface area contributed by atoms with Crippen LogP contribution in [0, 0.1) is 11.3 Å². The van der Waals surface area contributed by atoms with Gasteiger partial charge in [0.05, 0.1) is 17.5 Å². The molecule has 2 N–H and O–H groups in total. The molecule has 0 aliphatic carbocycles. The van der Waals surface area contributed by atoms with Crippen LogP contribution in [0.1, 0.15) is 19.5 Å². The van der Waals surface area contributed by atoms with Crippen LogP contribution in [-0.2, 0) is 0 Å². The van der Waals surface area contributed by atoms with Gasteiger partial charge in [0.1, 0.15) is 11.8 Å². The van der Waals surface area contributed by atoms with Gasteiger partial charge in [0.2, 0.25) is 0 Å². The lowest BCUT2D eigenvalue weighted by molar-refractivity contribution is 0.0945. The van der Waals surface area contributed by atoms with E-state index in [9.17, 15) is 5.11 Å². The van der Waals surface area contributed by atoms with E-state index < -0.39 is 5.60 Å². The molecular weight excluding hydrogens is 178 g/mol. The van der Waals surface area contributed by atoms with Gasteiger partial charge in [0.15, 0.2) is 0 Å². The standard InChI is InChI=1S/C10H13N3O/c1-10(2,14)7-13-9-4-3-8(5-11)12-6-9/h3-4,6,13-14H,7H2,1-2H3. The topological polar surface area (TPSA) is 68.9 Å². The van der Waals surface area contributed by atoms with E-state index in [4.69, 9.17) is 5.26 Å². The van der Waals surface area contributed by atoms with Crippen molar-refractivity contribution in [1.29, 1.82) is 5.26 Å². The lowest BCUT2D eigenvalue weighted by Crippen LogP contribution is -2.29. The van der Waals surface area contributed by atoms with E-state index in [0.717, 1.165) is 5.69 Å². The molecule has 0 unspecified atom stereocenters. The first-order chi connectivity index (χ1) is 6.51. The van der Waals surface area contributed by atoms with Gasteiger partial charge in [0, 0.05) is 6.54 Å². The molecule has 1 heterocycles. The average Bonchev–Trinajstić information content (AvgIpc) is 2.14. The summed E-state index contributed by atoms with van der Waals surface area (Å²) in [6.07, 6.45) is 1.57. The lowest BCUT2D eigenvalue weighted by Gasteiger charge is -2.18. The predicted molar refractivity (Wildman–Crippen MR) is 53.7 cm³/mol. The van der Waals surface area contributed by atoms with Crippen molar-refractivity contribution in [3.63, 3.8) is 0 Å². The summed E-state index contributed by atoms with van der Waals surface area (Å²) in [7, 11) is 0. The Labute approximate surface area is 83.2 Å². The van der Waals surface area contributed by atoms with Crippen molar-refractivity contribution in [2.24, 2.45) is 0 Å². The summed E-state index contributed by atoms with van der Waals surface area (Å²) in [4.78, 5) is 3.89. The highest BCUT2D eigenvalue weighted by Gasteiger charge is 2.11. The van der Waals surface area contributed by atoms with Gasteiger partial charge in [0.25, 0.3) is 0 Å². The first-order valence-corrected chi connectivity index (χ1v) is 4.34. The Morgan fingerprint density at radius 2 is 2.29 bits per heavy atom. The van der Waals surface area contributed by atoms with E-state index in [-0.39, 0.29) is 0 Å². The van der Waals surface area contributed by atoms with Crippen LogP contribution in [0.15, 0.2) is 18.3 Å². The lowest BCUT2D eigenvalue weighted by atomic mass is 10.1. The second kappa shape index (κ2) is 4.07. The molecule has 0 saturated carbocycles. The third-order valence-corrected chi connectivity index (χ3v) is 1.60. The minimum absolute atomic E-state index is 0.388. The monoisotopic (exact) mass is 191 g/mol. The average molecular weight is 191 g/mol. The van der Waals surface area contributed by atoms with Crippen LogP contribution in [0.3, 0.4) is 0 Å². The highest BCUT2D eigenvalue weighted by molar-refractivity contribution is 5.42. The van der Waals surface area contributed by atoms with Crippen molar-refractivity contribution in [3.05, 3.63) is 24.0 Å². The van der Waals surface area contributed by atoms with Crippen molar-refractivity contribution < 1.29 is 5.11 Å². The minimum Gasteiger partial charge on any atom is -0.389 e. The van der Waals surface area contributed by atoms with Gasteiger partial charge in [-0.2, -0.15) is 5.26 Å². The van der Waals surface area contributed by atoms with E-state index in [2.05, 4.69) is 10.3 Å². The van der Waals surface area contributed by atoms with Crippen LogP contribution < -0.4 is 5.32 Å². The molecule has 1 aromatic heterocycles. The number of anilines is 1. The summed E-state index contributed by atoms with van der Waals surface area (Å²) in [6.45, 7) is 3.88. The summed E-state index contributed by atoms with van der Waals surface area (Å²) in [5.41, 5.74) is 0.429. The van der Waals surface area contributed by atoms with E-state index >= 15 is 0 Å². The SMILES string of the molecule is CC(C)(O)CNc1ccc(C#N)nc1. The second-order valence-corrected chi connectivity index (χ2v) is 3.71. The van der Waals surface area contributed by atoms with Gasteiger partial charge in [-0.05, 0) is 26.0 Å². The minimum atomic E-state index is -0.756. The number of aromatic nitrogens is 1. The van der Waals surface area contributed by atoms with Gasteiger partial charge >= 0.3 is 0 Å². The highest BCUT2D eigenvalue weighted by atomic mass is 16.3. The Bertz CT molecular complexity index is 332. The third kappa shape index (κ3) is 3.42. The second-order valence-electron chi connectivity index (χ2n) is 3.71. The van der Waals surface area contributed by atoms with Crippen LogP contribution >= 0.6 is 0 Å². The molecule has 0 fully saturated rings. The van der Waals surface area contributed by atoms with E-state index in [0.29, 0.717) is 12.2 Å². The molecule has 1 rings (SSSR count). The fourth-order valence-corrected chi connectivity index (χ4v) is 0.883. The Morgan fingerprint density at radius 3 is 2.71 bits per heavy atom. The number of hydrogen-bond donors (Lipinski definition) is 2. The molecule has 0 radical (unpaired) electrons. The zero-order chi connectivity index (χ0) is 10.6. The number of rotatable bonds is 3. The molecule has 1 aromatic rings. The van der Waals surface area contributed by atoms with E-state index in [1.807, 2.05) is 6.07 Å². The largest absolute Gasteiger partial charge is 0.389 e. The molecule has 0 aliphatic rings. The zero-order valence-corrected chi connectivity index (χ0v) is 8.28. The molecule has 0 amide bonds. The Hall–Kier alpha value is -1.60. The van der Waals surface area contributed by atoms with Crippen LogP contribution in [-0.4, -0.2) is 22.2 Å². The molecule has 0 saturated heterocycles. The number of nitrogens with zero attached hydrogens (tertiary/aromatic N) is 2. The molecule has 4 nitrogen and oxygen atoms in total. The Balaban J connectivity index is 2.58. The summed E-state index contributed by atoms with van der Waals surface area (Å²) < 4.78 is 0. The fourth-order valence-electron chi connectivity index (χ4n) is 0.883. The molecule has 0 bridgehead atoms. The number of aliphatic hydroxyl groups is 1. The molecule has 4 heteroatoms. The summed E-state index contributed by atoms with van der Waals surface area (Å²) in [5.74, 6) is 0. The third-order valence-electron chi connectivity index (χ3n) is 1.60. The Morgan fingerprint density at radius 1 is 1.57 bits per heavy atom. The maximum Gasteiger partial charge on any atom is 0.140 e. The smallest absolute Gasteiger partial charge is 0.140 e. The summed E-state index contributed by atoms with van der Waals surface area (Å²) in [5, 5.41) is 21.0. The van der Waals surface area contributed by atoms with E-state index in [1.54, 1.807) is 32.2 Å². The van der Waals surface area contributed by atoms with Crippen LogP contribution in [0.5, 0.6) is 0 Å². The number of nitrogens with one attached hydrogen (secondary N) is 1. The predicted octanol–water partition coefficient (Wildman–Crippen LogP) is 1.14. The molecule has 14 heavy (non-hydrogen) atoms. The summed E-state index contributed by atoms with van der Waals surface area (Å²) >= 11 is 0.